The number of aromatic nitrogens is 3. The Morgan fingerprint density at radius 1 is 1.23 bits per heavy atom. The largest absolute Gasteiger partial charge is 0.451 e. The fraction of sp³-hybridized carbons (Fsp3) is 0.286. The van der Waals surface area contributed by atoms with Crippen molar-refractivity contribution in [1.82, 2.24) is 14.5 Å². The summed E-state index contributed by atoms with van der Waals surface area (Å²) >= 11 is 1.23. The smallest absolute Gasteiger partial charge is 0.368 e. The third-order valence-electron chi connectivity index (χ3n) is 3.10. The normalized spacial score (nSPS) is 12.0. The van der Waals surface area contributed by atoms with Crippen molar-refractivity contribution in [2.75, 3.05) is 11.9 Å². The Hall–Kier alpha value is -2.09. The molecule has 3 rings (SSSR count). The van der Waals surface area contributed by atoms with Gasteiger partial charge in [0.25, 0.3) is 0 Å². The number of thiophene rings is 1. The molecule has 3 heterocycles. The lowest BCUT2D eigenvalue weighted by Gasteiger charge is -2.10. The zero-order valence-electron chi connectivity index (χ0n) is 11.7. The Kier molecular flexibility index (Phi) is 3.78. The second-order valence-corrected chi connectivity index (χ2v) is 6.05. The first-order valence-electron chi connectivity index (χ1n) is 6.63. The number of hydrogen-bond acceptors (Lipinski definition) is 4. The highest BCUT2D eigenvalue weighted by molar-refractivity contribution is 7.18. The monoisotopic (exact) mass is 326 g/mol. The van der Waals surface area contributed by atoms with Gasteiger partial charge in [-0.1, -0.05) is 0 Å². The van der Waals surface area contributed by atoms with Crippen LogP contribution in [0.15, 0.2) is 30.6 Å². The summed E-state index contributed by atoms with van der Waals surface area (Å²) in [5.74, 6) is -0.876. The van der Waals surface area contributed by atoms with Gasteiger partial charge in [0.2, 0.25) is 5.82 Å². The number of hydrogen-bond donors (Lipinski definition) is 1. The van der Waals surface area contributed by atoms with E-state index in [0.29, 0.717) is 23.3 Å². The minimum Gasteiger partial charge on any atom is -0.368 e. The highest BCUT2D eigenvalue weighted by Crippen LogP contribution is 2.33. The van der Waals surface area contributed by atoms with E-state index in [1.54, 1.807) is 6.07 Å². The Morgan fingerprint density at radius 2 is 1.95 bits per heavy atom. The van der Waals surface area contributed by atoms with Crippen molar-refractivity contribution in [2.24, 2.45) is 0 Å². The number of nitrogens with one attached hydrogen (secondary N) is 1. The van der Waals surface area contributed by atoms with E-state index in [2.05, 4.69) is 15.3 Å². The van der Waals surface area contributed by atoms with Gasteiger partial charge in [-0.2, -0.15) is 13.2 Å². The second kappa shape index (κ2) is 5.60. The highest BCUT2D eigenvalue weighted by Gasteiger charge is 2.35. The van der Waals surface area contributed by atoms with E-state index in [9.17, 15) is 13.2 Å². The van der Waals surface area contributed by atoms with Gasteiger partial charge in [-0.05, 0) is 25.1 Å². The summed E-state index contributed by atoms with van der Waals surface area (Å²) in [5.41, 5.74) is 0. The molecule has 0 atom stereocenters. The molecule has 0 amide bonds. The zero-order valence-corrected chi connectivity index (χ0v) is 12.5. The van der Waals surface area contributed by atoms with Crippen LogP contribution in [-0.2, 0) is 12.7 Å². The third-order valence-corrected chi connectivity index (χ3v) is 4.04. The summed E-state index contributed by atoms with van der Waals surface area (Å²) in [4.78, 5) is 8.53. The first kappa shape index (κ1) is 14.8. The van der Waals surface area contributed by atoms with Crippen molar-refractivity contribution in [3.8, 4) is 0 Å². The lowest BCUT2D eigenvalue weighted by Crippen LogP contribution is -2.15. The van der Waals surface area contributed by atoms with Crippen LogP contribution in [0.25, 0.3) is 10.2 Å². The van der Waals surface area contributed by atoms with E-state index < -0.39 is 12.0 Å². The molecule has 0 aliphatic rings. The number of halogens is 3. The molecule has 0 aromatic carbocycles. The fourth-order valence-electron chi connectivity index (χ4n) is 2.13. The number of aryl methyl sites for hydroxylation is 1. The highest BCUT2D eigenvalue weighted by atomic mass is 32.1. The van der Waals surface area contributed by atoms with Gasteiger partial charge in [0.15, 0.2) is 0 Å². The molecule has 0 unspecified atom stereocenters. The Bertz CT molecular complexity index is 777. The maximum Gasteiger partial charge on any atom is 0.451 e. The summed E-state index contributed by atoms with van der Waals surface area (Å²) in [5, 5.41) is 3.61. The molecule has 1 N–H and O–H groups in total. The molecule has 116 valence electrons. The first-order valence-corrected chi connectivity index (χ1v) is 7.45. The predicted octanol–water partition coefficient (Wildman–Crippen LogP) is 3.93. The number of rotatable bonds is 4. The average molecular weight is 326 g/mol. The van der Waals surface area contributed by atoms with Gasteiger partial charge in [-0.3, -0.25) is 0 Å². The van der Waals surface area contributed by atoms with E-state index in [1.807, 2.05) is 36.0 Å². The van der Waals surface area contributed by atoms with Crippen LogP contribution in [0.3, 0.4) is 0 Å². The van der Waals surface area contributed by atoms with Crippen molar-refractivity contribution in [3.05, 3.63) is 41.3 Å². The molecular formula is C14H13F3N4S. The second-order valence-electron chi connectivity index (χ2n) is 4.82. The molecule has 0 saturated heterocycles. The van der Waals surface area contributed by atoms with Crippen molar-refractivity contribution >= 4 is 27.4 Å². The summed E-state index contributed by atoms with van der Waals surface area (Å²) in [6.45, 7) is 2.96. The average Bonchev–Trinajstić information content (AvgIpc) is 3.05. The van der Waals surface area contributed by atoms with Crippen LogP contribution in [0, 0.1) is 6.92 Å². The zero-order chi connectivity index (χ0) is 15.7. The lowest BCUT2D eigenvalue weighted by atomic mass is 10.3. The minimum atomic E-state index is -4.55. The summed E-state index contributed by atoms with van der Waals surface area (Å²) in [6, 6.07) is 5.60. The molecule has 22 heavy (non-hydrogen) atoms. The van der Waals surface area contributed by atoms with E-state index in [-0.39, 0.29) is 5.82 Å². The Balaban J connectivity index is 1.89. The van der Waals surface area contributed by atoms with Crippen molar-refractivity contribution in [3.63, 3.8) is 0 Å². The lowest BCUT2D eigenvalue weighted by molar-refractivity contribution is -0.144. The molecule has 0 radical (unpaired) electrons. The number of fused-ring (bicyclic) bond motifs is 1. The number of alkyl halides is 3. The molecule has 4 nitrogen and oxygen atoms in total. The van der Waals surface area contributed by atoms with Crippen LogP contribution in [0.4, 0.5) is 19.0 Å². The molecule has 8 heteroatoms. The van der Waals surface area contributed by atoms with Gasteiger partial charge in [0, 0.05) is 30.4 Å². The van der Waals surface area contributed by atoms with Gasteiger partial charge in [-0.25, -0.2) is 9.97 Å². The van der Waals surface area contributed by atoms with E-state index >= 15 is 0 Å². The quantitative estimate of drug-likeness (QED) is 0.790. The number of nitrogens with zero attached hydrogens (tertiary/aromatic N) is 3. The van der Waals surface area contributed by atoms with E-state index in [0.717, 1.165) is 4.88 Å². The molecule has 3 aromatic rings. The van der Waals surface area contributed by atoms with Crippen LogP contribution in [0.1, 0.15) is 10.7 Å². The minimum absolute atomic E-state index is 0.230. The standard InChI is InChI=1S/C14H13F3N4S/c1-9-8-10-11(18-4-7-21-5-2-3-6-21)19-13(14(15,16)17)20-12(10)22-9/h2-3,5-6,8H,4,7H2,1H3,(H,18,19,20). The molecule has 3 aromatic heterocycles. The van der Waals surface area contributed by atoms with E-state index in [4.69, 9.17) is 0 Å². The fourth-order valence-corrected chi connectivity index (χ4v) is 3.01. The van der Waals surface area contributed by atoms with Gasteiger partial charge < -0.3 is 9.88 Å². The Labute approximate surface area is 128 Å². The van der Waals surface area contributed by atoms with Gasteiger partial charge in [-0.15, -0.1) is 11.3 Å². The third kappa shape index (κ3) is 3.06. The summed E-state index contributed by atoms with van der Waals surface area (Å²) < 4.78 is 40.6. The maximum atomic E-state index is 12.9. The molecule has 0 saturated carbocycles. The summed E-state index contributed by atoms with van der Waals surface area (Å²) in [6.07, 6.45) is -0.761. The van der Waals surface area contributed by atoms with Crippen molar-refractivity contribution in [1.29, 1.82) is 0 Å². The Morgan fingerprint density at radius 3 is 2.64 bits per heavy atom. The van der Waals surface area contributed by atoms with Crippen LogP contribution < -0.4 is 5.32 Å². The van der Waals surface area contributed by atoms with Crippen molar-refractivity contribution in [2.45, 2.75) is 19.6 Å². The van der Waals surface area contributed by atoms with Gasteiger partial charge in [0.1, 0.15) is 10.6 Å². The van der Waals surface area contributed by atoms with Crippen LogP contribution >= 0.6 is 11.3 Å². The molecule has 0 fully saturated rings. The topological polar surface area (TPSA) is 42.7 Å². The van der Waals surface area contributed by atoms with Gasteiger partial charge >= 0.3 is 6.18 Å². The van der Waals surface area contributed by atoms with Crippen LogP contribution in [-0.4, -0.2) is 21.1 Å². The SMILES string of the molecule is Cc1cc2c(NCCn3cccc3)nc(C(F)(F)F)nc2s1. The maximum absolute atomic E-state index is 12.9. The van der Waals surface area contributed by atoms with Gasteiger partial charge in [0.05, 0.1) is 5.39 Å². The molecule has 0 aliphatic heterocycles. The summed E-state index contributed by atoms with van der Waals surface area (Å²) in [7, 11) is 0. The molecule has 0 spiro atoms. The van der Waals surface area contributed by atoms with Crippen molar-refractivity contribution < 1.29 is 13.2 Å². The van der Waals surface area contributed by atoms with E-state index in [1.165, 1.54) is 11.3 Å². The van der Waals surface area contributed by atoms with Crippen LogP contribution in [0.5, 0.6) is 0 Å². The molecular weight excluding hydrogens is 313 g/mol. The first-order chi connectivity index (χ1) is 10.4. The predicted molar refractivity (Wildman–Crippen MR) is 80.1 cm³/mol. The number of anilines is 1. The molecule has 0 aliphatic carbocycles. The van der Waals surface area contributed by atoms with Crippen LogP contribution in [0.2, 0.25) is 0 Å². The molecule has 0 bridgehead atoms.